The van der Waals surface area contributed by atoms with Crippen molar-refractivity contribution in [3.8, 4) is 0 Å². The van der Waals surface area contributed by atoms with Crippen molar-refractivity contribution in [3.63, 3.8) is 0 Å². The minimum Gasteiger partial charge on any atom is -0.272 e. The summed E-state index contributed by atoms with van der Waals surface area (Å²) in [7, 11) is 0. The molecule has 5 heteroatoms. The number of nitrogens with zero attached hydrogens (tertiary/aromatic N) is 2. The highest BCUT2D eigenvalue weighted by molar-refractivity contribution is 5.32. The number of fused-ring (bicyclic) bond motifs is 1. The number of rotatable bonds is 2. The van der Waals surface area contributed by atoms with Crippen LogP contribution in [0.2, 0.25) is 0 Å². The van der Waals surface area contributed by atoms with Gasteiger partial charge in [0.2, 0.25) is 0 Å². The fraction of sp³-hybridized carbons (Fsp3) is 0.400. The Balaban J connectivity index is 1.81. The van der Waals surface area contributed by atoms with E-state index in [-0.39, 0.29) is 5.92 Å². The summed E-state index contributed by atoms with van der Waals surface area (Å²) in [6.07, 6.45) is 0.183. The van der Waals surface area contributed by atoms with Crippen LogP contribution >= 0.6 is 0 Å². The van der Waals surface area contributed by atoms with Crippen molar-refractivity contribution >= 4 is 0 Å². The Bertz CT molecular complexity index is 601. The molecule has 0 N–H and O–H groups in total. The van der Waals surface area contributed by atoms with E-state index in [4.69, 9.17) is 0 Å². The minimum absolute atomic E-state index is 0.251. The molecule has 1 unspecified atom stereocenters. The quantitative estimate of drug-likeness (QED) is 0.812. The van der Waals surface area contributed by atoms with Crippen molar-refractivity contribution in [2.75, 3.05) is 0 Å². The SMILES string of the molecule is FC(F)(F)c1ccn(CC2CCCc3ccccc32)n1. The largest absolute Gasteiger partial charge is 0.435 e. The predicted molar refractivity (Wildman–Crippen MR) is 69.4 cm³/mol. The van der Waals surface area contributed by atoms with Crippen LogP contribution in [0.1, 0.15) is 35.6 Å². The van der Waals surface area contributed by atoms with E-state index < -0.39 is 11.9 Å². The summed E-state index contributed by atoms with van der Waals surface area (Å²) in [6.45, 7) is 0.507. The van der Waals surface area contributed by atoms with Gasteiger partial charge in [0.15, 0.2) is 5.69 Å². The van der Waals surface area contributed by atoms with Crippen LogP contribution in [0, 0.1) is 0 Å². The van der Waals surface area contributed by atoms with Gasteiger partial charge in [-0.15, -0.1) is 0 Å². The molecule has 0 bridgehead atoms. The molecule has 1 aromatic carbocycles. The zero-order valence-electron chi connectivity index (χ0n) is 10.9. The Hall–Kier alpha value is -1.78. The second-order valence-corrected chi connectivity index (χ2v) is 5.21. The molecule has 0 amide bonds. The topological polar surface area (TPSA) is 17.8 Å². The third-order valence-electron chi connectivity index (χ3n) is 3.83. The monoisotopic (exact) mass is 280 g/mol. The van der Waals surface area contributed by atoms with Gasteiger partial charge >= 0.3 is 6.18 Å². The van der Waals surface area contributed by atoms with Crippen LogP contribution in [0.3, 0.4) is 0 Å². The Morgan fingerprint density at radius 2 is 2.00 bits per heavy atom. The molecule has 1 aromatic heterocycles. The fourth-order valence-electron chi connectivity index (χ4n) is 2.88. The van der Waals surface area contributed by atoms with Crippen molar-refractivity contribution < 1.29 is 13.2 Å². The zero-order chi connectivity index (χ0) is 14.2. The molecule has 1 aliphatic rings. The first-order chi connectivity index (χ1) is 9.54. The van der Waals surface area contributed by atoms with Crippen LogP contribution in [-0.2, 0) is 19.1 Å². The molecule has 1 aliphatic carbocycles. The van der Waals surface area contributed by atoms with E-state index in [1.807, 2.05) is 12.1 Å². The molecule has 0 saturated heterocycles. The van der Waals surface area contributed by atoms with Crippen molar-refractivity contribution in [2.45, 2.75) is 37.9 Å². The molecule has 1 heterocycles. The molecule has 0 spiro atoms. The lowest BCUT2D eigenvalue weighted by Gasteiger charge is -2.25. The summed E-state index contributed by atoms with van der Waals surface area (Å²) in [4.78, 5) is 0. The number of aryl methyl sites for hydroxylation is 1. The molecular weight excluding hydrogens is 265 g/mol. The van der Waals surface area contributed by atoms with Gasteiger partial charge in [-0.3, -0.25) is 4.68 Å². The molecular formula is C15H15F3N2. The van der Waals surface area contributed by atoms with E-state index in [0.717, 1.165) is 25.3 Å². The van der Waals surface area contributed by atoms with Gasteiger partial charge in [-0.2, -0.15) is 18.3 Å². The lowest BCUT2D eigenvalue weighted by Crippen LogP contribution is -2.16. The first kappa shape index (κ1) is 13.2. The standard InChI is InChI=1S/C15H15F3N2/c16-15(17,18)14-8-9-20(19-14)10-12-6-3-5-11-4-1-2-7-13(11)12/h1-2,4,7-9,12H,3,5-6,10H2. The van der Waals surface area contributed by atoms with Crippen molar-refractivity contribution in [2.24, 2.45) is 0 Å². The molecule has 0 aliphatic heterocycles. The fourth-order valence-corrected chi connectivity index (χ4v) is 2.88. The van der Waals surface area contributed by atoms with Crippen LogP contribution in [0.25, 0.3) is 0 Å². The van der Waals surface area contributed by atoms with Gasteiger partial charge in [0.1, 0.15) is 0 Å². The average molecular weight is 280 g/mol. The summed E-state index contributed by atoms with van der Waals surface area (Å²) >= 11 is 0. The molecule has 20 heavy (non-hydrogen) atoms. The molecule has 0 saturated carbocycles. The van der Waals surface area contributed by atoms with Crippen LogP contribution in [0.5, 0.6) is 0 Å². The van der Waals surface area contributed by atoms with E-state index in [0.29, 0.717) is 6.54 Å². The molecule has 1 atom stereocenters. The second-order valence-electron chi connectivity index (χ2n) is 5.21. The van der Waals surface area contributed by atoms with E-state index >= 15 is 0 Å². The Morgan fingerprint density at radius 3 is 2.75 bits per heavy atom. The van der Waals surface area contributed by atoms with Gasteiger partial charge in [-0.1, -0.05) is 24.3 Å². The van der Waals surface area contributed by atoms with E-state index in [2.05, 4.69) is 17.2 Å². The highest BCUT2D eigenvalue weighted by Crippen LogP contribution is 2.33. The average Bonchev–Trinajstić information content (AvgIpc) is 2.88. The summed E-state index contributed by atoms with van der Waals surface area (Å²) in [6, 6.07) is 9.21. The summed E-state index contributed by atoms with van der Waals surface area (Å²) in [5, 5.41) is 3.64. The van der Waals surface area contributed by atoms with Crippen LogP contribution < -0.4 is 0 Å². The maximum atomic E-state index is 12.5. The third-order valence-corrected chi connectivity index (χ3v) is 3.83. The van der Waals surface area contributed by atoms with Crippen LogP contribution in [0.15, 0.2) is 36.5 Å². The summed E-state index contributed by atoms with van der Waals surface area (Å²) in [5.74, 6) is 0.251. The van der Waals surface area contributed by atoms with Crippen LogP contribution in [-0.4, -0.2) is 9.78 Å². The van der Waals surface area contributed by atoms with Crippen molar-refractivity contribution in [3.05, 3.63) is 53.3 Å². The molecule has 2 nitrogen and oxygen atoms in total. The van der Waals surface area contributed by atoms with Gasteiger partial charge in [-0.05, 0) is 36.5 Å². The van der Waals surface area contributed by atoms with Crippen LogP contribution in [0.4, 0.5) is 13.2 Å². The Kier molecular flexibility index (Phi) is 3.28. The van der Waals surface area contributed by atoms with Crippen molar-refractivity contribution in [1.29, 1.82) is 0 Å². The lowest BCUT2D eigenvalue weighted by atomic mass is 9.83. The zero-order valence-corrected chi connectivity index (χ0v) is 10.9. The first-order valence-corrected chi connectivity index (χ1v) is 6.72. The number of alkyl halides is 3. The number of benzene rings is 1. The van der Waals surface area contributed by atoms with Gasteiger partial charge in [0, 0.05) is 18.7 Å². The molecule has 106 valence electrons. The molecule has 3 rings (SSSR count). The second kappa shape index (κ2) is 4.96. The van der Waals surface area contributed by atoms with Gasteiger partial charge < -0.3 is 0 Å². The third kappa shape index (κ3) is 2.57. The maximum Gasteiger partial charge on any atom is 0.435 e. The first-order valence-electron chi connectivity index (χ1n) is 6.72. The van der Waals surface area contributed by atoms with Gasteiger partial charge in [0.05, 0.1) is 0 Å². The summed E-state index contributed by atoms with van der Waals surface area (Å²) in [5.41, 5.74) is 1.75. The number of aromatic nitrogens is 2. The molecule has 0 radical (unpaired) electrons. The van der Waals surface area contributed by atoms with Gasteiger partial charge in [-0.25, -0.2) is 0 Å². The number of halogens is 3. The lowest BCUT2D eigenvalue weighted by molar-refractivity contribution is -0.141. The highest BCUT2D eigenvalue weighted by Gasteiger charge is 2.33. The Morgan fingerprint density at radius 1 is 1.20 bits per heavy atom. The number of hydrogen-bond donors (Lipinski definition) is 0. The maximum absolute atomic E-state index is 12.5. The van der Waals surface area contributed by atoms with E-state index in [9.17, 15) is 13.2 Å². The molecule has 2 aromatic rings. The Labute approximate surface area is 115 Å². The smallest absolute Gasteiger partial charge is 0.272 e. The normalized spacial score (nSPS) is 18.9. The predicted octanol–water partition coefficient (Wildman–Crippen LogP) is 4.02. The molecule has 0 fully saturated rings. The van der Waals surface area contributed by atoms with Gasteiger partial charge in [0.25, 0.3) is 0 Å². The summed E-state index contributed by atoms with van der Waals surface area (Å²) < 4.78 is 39.0. The number of hydrogen-bond acceptors (Lipinski definition) is 1. The van der Waals surface area contributed by atoms with E-state index in [1.165, 1.54) is 22.0 Å². The van der Waals surface area contributed by atoms with E-state index in [1.54, 1.807) is 0 Å². The highest BCUT2D eigenvalue weighted by atomic mass is 19.4. The minimum atomic E-state index is -4.37. The van der Waals surface area contributed by atoms with Crippen molar-refractivity contribution in [1.82, 2.24) is 9.78 Å².